The molecule has 1 aromatic heterocycles. The fourth-order valence-corrected chi connectivity index (χ4v) is 5.76. The molecule has 8 nitrogen and oxygen atoms in total. The van der Waals surface area contributed by atoms with Gasteiger partial charge in [-0.2, -0.15) is 4.31 Å². The zero-order valence-electron chi connectivity index (χ0n) is 17.5. The number of amides is 1. The van der Waals surface area contributed by atoms with Crippen LogP contribution in [0.15, 0.2) is 35.2 Å². The lowest BCUT2D eigenvalue weighted by Gasteiger charge is -2.33. The molecule has 1 aliphatic carbocycles. The van der Waals surface area contributed by atoms with Crippen LogP contribution in [0.2, 0.25) is 0 Å². The summed E-state index contributed by atoms with van der Waals surface area (Å²) in [5, 5.41) is 3.91. The van der Waals surface area contributed by atoms with E-state index in [4.69, 9.17) is 9.72 Å². The molecule has 31 heavy (non-hydrogen) atoms. The number of rotatable bonds is 5. The molecular formula is C22H28N4O4S. The van der Waals surface area contributed by atoms with Crippen molar-refractivity contribution in [2.45, 2.75) is 36.6 Å². The van der Waals surface area contributed by atoms with E-state index in [9.17, 15) is 13.2 Å². The summed E-state index contributed by atoms with van der Waals surface area (Å²) >= 11 is 0. The molecule has 1 N–H and O–H groups in total. The number of benzene rings is 1. The van der Waals surface area contributed by atoms with E-state index in [1.807, 2.05) is 12.1 Å². The van der Waals surface area contributed by atoms with E-state index in [-0.39, 0.29) is 16.7 Å². The number of anilines is 1. The van der Waals surface area contributed by atoms with Gasteiger partial charge >= 0.3 is 0 Å². The van der Waals surface area contributed by atoms with Gasteiger partial charge in [-0.3, -0.25) is 4.79 Å². The van der Waals surface area contributed by atoms with E-state index < -0.39 is 10.0 Å². The molecule has 1 amide bonds. The predicted molar refractivity (Wildman–Crippen MR) is 117 cm³/mol. The van der Waals surface area contributed by atoms with Crippen molar-refractivity contribution in [2.75, 3.05) is 44.3 Å². The maximum Gasteiger partial charge on any atom is 0.243 e. The molecule has 1 saturated carbocycles. The van der Waals surface area contributed by atoms with Crippen molar-refractivity contribution in [2.24, 2.45) is 5.92 Å². The molecule has 1 aromatic carbocycles. The Morgan fingerprint density at radius 1 is 1.06 bits per heavy atom. The molecule has 3 aliphatic rings. The first-order valence-electron chi connectivity index (χ1n) is 11.0. The third kappa shape index (κ3) is 4.40. The summed E-state index contributed by atoms with van der Waals surface area (Å²) in [6.45, 7) is 3.14. The number of ether oxygens (including phenoxy) is 1. The molecule has 3 fully saturated rings. The van der Waals surface area contributed by atoms with Gasteiger partial charge in [-0.1, -0.05) is 0 Å². The largest absolute Gasteiger partial charge is 0.379 e. The maximum atomic E-state index is 12.9. The van der Waals surface area contributed by atoms with Crippen LogP contribution in [-0.2, 0) is 19.6 Å². The summed E-state index contributed by atoms with van der Waals surface area (Å²) in [5.74, 6) is 0.985. The van der Waals surface area contributed by atoms with Gasteiger partial charge in [0.05, 0.1) is 29.5 Å². The Balaban J connectivity index is 1.34. The van der Waals surface area contributed by atoms with Gasteiger partial charge in [0, 0.05) is 37.6 Å². The van der Waals surface area contributed by atoms with Crippen molar-refractivity contribution in [1.29, 1.82) is 0 Å². The van der Waals surface area contributed by atoms with E-state index in [2.05, 4.69) is 10.2 Å². The zero-order valence-corrected chi connectivity index (χ0v) is 18.3. The third-order valence-corrected chi connectivity index (χ3v) is 8.19. The summed E-state index contributed by atoms with van der Waals surface area (Å²) in [6, 6.07) is 9.32. The van der Waals surface area contributed by atoms with Crippen LogP contribution < -0.4 is 10.2 Å². The highest BCUT2D eigenvalue weighted by molar-refractivity contribution is 7.89. The standard InChI is InChI=1S/C22H28N4O4S/c27-22(23-18-4-5-18)17-2-1-9-25(15-17)21-8-3-16-14-19(6-7-20(16)24-21)31(28,29)26-10-12-30-13-11-26/h3,6-8,14,17-18H,1-2,4-5,9-13,15H2,(H,23,27). The van der Waals surface area contributed by atoms with Gasteiger partial charge in [0.15, 0.2) is 0 Å². The van der Waals surface area contributed by atoms with Crippen molar-refractivity contribution >= 4 is 32.7 Å². The molecule has 2 aromatic rings. The quantitative estimate of drug-likeness (QED) is 0.756. The molecule has 0 bridgehead atoms. The zero-order chi connectivity index (χ0) is 21.4. The Hall–Kier alpha value is -2.23. The summed E-state index contributed by atoms with van der Waals surface area (Å²) in [5.41, 5.74) is 0.753. The molecule has 0 spiro atoms. The van der Waals surface area contributed by atoms with Crippen molar-refractivity contribution in [3.05, 3.63) is 30.3 Å². The second-order valence-corrected chi connectivity index (χ2v) is 10.5. The number of nitrogens with one attached hydrogen (secondary N) is 1. The lowest BCUT2D eigenvalue weighted by Crippen LogP contribution is -2.44. The number of carbonyl (C=O) groups excluding carboxylic acids is 1. The lowest BCUT2D eigenvalue weighted by atomic mass is 9.97. The van der Waals surface area contributed by atoms with Crippen LogP contribution in [0.1, 0.15) is 25.7 Å². The van der Waals surface area contributed by atoms with Gasteiger partial charge in [0.1, 0.15) is 5.82 Å². The summed E-state index contributed by atoms with van der Waals surface area (Å²) in [6.07, 6.45) is 4.06. The van der Waals surface area contributed by atoms with Crippen LogP contribution in [0.5, 0.6) is 0 Å². The van der Waals surface area contributed by atoms with Crippen LogP contribution in [0.4, 0.5) is 5.82 Å². The second kappa shape index (κ2) is 8.37. The monoisotopic (exact) mass is 444 g/mol. The van der Waals surface area contributed by atoms with E-state index >= 15 is 0 Å². The summed E-state index contributed by atoms with van der Waals surface area (Å²) in [4.78, 5) is 19.7. The van der Waals surface area contributed by atoms with E-state index in [1.165, 1.54) is 4.31 Å². The number of hydrogen-bond acceptors (Lipinski definition) is 6. The molecule has 1 atom stereocenters. The lowest BCUT2D eigenvalue weighted by molar-refractivity contribution is -0.125. The minimum Gasteiger partial charge on any atom is -0.379 e. The molecule has 166 valence electrons. The van der Waals surface area contributed by atoms with Crippen molar-refractivity contribution in [3.8, 4) is 0 Å². The van der Waals surface area contributed by atoms with Crippen LogP contribution in [0.3, 0.4) is 0 Å². The molecule has 0 radical (unpaired) electrons. The average Bonchev–Trinajstić information content (AvgIpc) is 3.63. The van der Waals surface area contributed by atoms with Gasteiger partial charge in [0.2, 0.25) is 15.9 Å². The molecule has 1 unspecified atom stereocenters. The van der Waals surface area contributed by atoms with Crippen molar-refractivity contribution < 1.29 is 17.9 Å². The molecule has 3 heterocycles. The fraction of sp³-hybridized carbons (Fsp3) is 0.545. The number of piperidine rings is 1. The highest BCUT2D eigenvalue weighted by Crippen LogP contribution is 2.27. The SMILES string of the molecule is O=C(NC1CC1)C1CCCN(c2ccc3cc(S(=O)(=O)N4CCOCC4)ccc3n2)C1. The van der Waals surface area contributed by atoms with E-state index in [1.54, 1.807) is 18.2 Å². The number of nitrogens with zero attached hydrogens (tertiary/aromatic N) is 3. The molecule has 2 saturated heterocycles. The Labute approximate surface area is 182 Å². The number of morpholine rings is 1. The second-order valence-electron chi connectivity index (χ2n) is 8.61. The van der Waals surface area contributed by atoms with Crippen LogP contribution >= 0.6 is 0 Å². The minimum atomic E-state index is -3.54. The first kappa shape index (κ1) is 20.7. The Kier molecular flexibility index (Phi) is 5.58. The van der Waals surface area contributed by atoms with Crippen LogP contribution in [0, 0.1) is 5.92 Å². The van der Waals surface area contributed by atoms with Gasteiger partial charge < -0.3 is 15.0 Å². The average molecular weight is 445 g/mol. The number of carbonyl (C=O) groups is 1. The molecule has 2 aliphatic heterocycles. The molecule has 9 heteroatoms. The highest BCUT2D eigenvalue weighted by atomic mass is 32.2. The number of pyridine rings is 1. The van der Waals surface area contributed by atoms with Crippen LogP contribution in [0.25, 0.3) is 10.9 Å². The Bertz CT molecular complexity index is 1080. The number of fused-ring (bicyclic) bond motifs is 1. The Morgan fingerprint density at radius 3 is 2.65 bits per heavy atom. The van der Waals surface area contributed by atoms with E-state index in [0.717, 1.165) is 48.9 Å². The summed E-state index contributed by atoms with van der Waals surface area (Å²) < 4.78 is 32.6. The fourth-order valence-electron chi connectivity index (χ4n) is 4.31. The third-order valence-electron chi connectivity index (χ3n) is 6.29. The first-order valence-corrected chi connectivity index (χ1v) is 12.5. The normalized spacial score (nSPS) is 23.1. The smallest absolute Gasteiger partial charge is 0.243 e. The van der Waals surface area contributed by atoms with Crippen molar-refractivity contribution in [3.63, 3.8) is 0 Å². The van der Waals surface area contributed by atoms with Gasteiger partial charge in [0.25, 0.3) is 0 Å². The minimum absolute atomic E-state index is 0.00658. The van der Waals surface area contributed by atoms with Crippen molar-refractivity contribution in [1.82, 2.24) is 14.6 Å². The molecular weight excluding hydrogens is 416 g/mol. The van der Waals surface area contributed by atoms with Crippen LogP contribution in [-0.4, -0.2) is 69.0 Å². The topological polar surface area (TPSA) is 91.8 Å². The predicted octanol–water partition coefficient (Wildman–Crippen LogP) is 1.75. The maximum absolute atomic E-state index is 12.9. The van der Waals surface area contributed by atoms with Gasteiger partial charge in [-0.25, -0.2) is 13.4 Å². The van der Waals surface area contributed by atoms with E-state index in [0.29, 0.717) is 38.9 Å². The summed E-state index contributed by atoms with van der Waals surface area (Å²) in [7, 11) is -3.54. The highest BCUT2D eigenvalue weighted by Gasteiger charge is 2.31. The Morgan fingerprint density at radius 2 is 1.87 bits per heavy atom. The molecule has 5 rings (SSSR count). The first-order chi connectivity index (χ1) is 15.0. The number of sulfonamides is 1. The number of hydrogen-bond donors (Lipinski definition) is 1. The number of aromatic nitrogens is 1. The van der Waals surface area contributed by atoms with Gasteiger partial charge in [-0.15, -0.1) is 0 Å². The van der Waals surface area contributed by atoms with Gasteiger partial charge in [-0.05, 0) is 56.0 Å².